The zero-order chi connectivity index (χ0) is 15.8. The first kappa shape index (κ1) is 13.9. The van der Waals surface area contributed by atoms with E-state index in [1.807, 2.05) is 40.4 Å². The number of hydrogen-bond acceptors (Lipinski definition) is 4. The molecule has 0 fully saturated rings. The Balaban J connectivity index is 1.58. The van der Waals surface area contributed by atoms with Crippen molar-refractivity contribution in [2.45, 2.75) is 38.8 Å². The topological polar surface area (TPSA) is 77.1 Å². The first-order valence-corrected chi connectivity index (χ1v) is 7.93. The number of nitrogens with one attached hydrogen (secondary N) is 1. The molecule has 1 unspecified atom stereocenters. The number of rotatable bonds is 3. The average Bonchev–Trinajstić information content (AvgIpc) is 3.19. The molecule has 1 aliphatic heterocycles. The molecule has 0 aliphatic carbocycles. The van der Waals surface area contributed by atoms with Crippen LogP contribution in [0.2, 0.25) is 0 Å². The summed E-state index contributed by atoms with van der Waals surface area (Å²) in [6.45, 7) is 2.90. The normalized spacial score (nSPS) is 17.2. The van der Waals surface area contributed by atoms with Crippen molar-refractivity contribution >= 4 is 11.6 Å². The molecule has 0 aromatic carbocycles. The molecule has 4 heterocycles. The zero-order valence-electron chi connectivity index (χ0n) is 12.9. The van der Waals surface area contributed by atoms with E-state index in [1.54, 1.807) is 6.20 Å². The number of pyridine rings is 1. The van der Waals surface area contributed by atoms with Crippen LogP contribution >= 0.6 is 0 Å². The van der Waals surface area contributed by atoms with Gasteiger partial charge >= 0.3 is 0 Å². The summed E-state index contributed by atoms with van der Waals surface area (Å²) in [4.78, 5) is 21.4. The summed E-state index contributed by atoms with van der Waals surface area (Å²) in [5.74, 6) is 1.51. The van der Waals surface area contributed by atoms with Crippen LogP contribution in [0, 0.1) is 0 Å². The number of imidazole rings is 1. The Morgan fingerprint density at radius 1 is 1.39 bits per heavy atom. The molecule has 0 saturated heterocycles. The predicted octanol–water partition coefficient (Wildman–Crippen LogP) is 1.75. The Morgan fingerprint density at radius 2 is 2.30 bits per heavy atom. The molecular formula is C16H18N6O. The number of carbonyl (C=O) groups is 1. The lowest BCUT2D eigenvalue weighted by Crippen LogP contribution is -2.33. The highest BCUT2D eigenvalue weighted by Crippen LogP contribution is 2.23. The second kappa shape index (κ2) is 5.49. The minimum absolute atomic E-state index is 0.103. The van der Waals surface area contributed by atoms with Crippen molar-refractivity contribution in [2.24, 2.45) is 0 Å². The number of amides is 1. The second-order valence-electron chi connectivity index (χ2n) is 5.72. The summed E-state index contributed by atoms with van der Waals surface area (Å²) >= 11 is 0. The molecule has 7 nitrogen and oxygen atoms in total. The smallest absolute Gasteiger partial charge is 0.272 e. The lowest BCUT2D eigenvalue weighted by atomic mass is 10.1. The Hall–Kier alpha value is -2.70. The third kappa shape index (κ3) is 2.48. The van der Waals surface area contributed by atoms with E-state index in [1.165, 1.54) is 0 Å². The molecule has 0 radical (unpaired) electrons. The molecule has 1 atom stereocenters. The summed E-state index contributed by atoms with van der Waals surface area (Å²) in [5.41, 5.74) is 1.18. The zero-order valence-corrected chi connectivity index (χ0v) is 12.9. The molecule has 1 N–H and O–H groups in total. The molecule has 0 spiro atoms. The fourth-order valence-electron chi connectivity index (χ4n) is 2.96. The van der Waals surface area contributed by atoms with E-state index in [2.05, 4.69) is 20.4 Å². The van der Waals surface area contributed by atoms with Gasteiger partial charge in [0.2, 0.25) is 0 Å². The van der Waals surface area contributed by atoms with Crippen LogP contribution < -0.4 is 5.32 Å². The SMILES string of the molecule is CCc1nc2n(n1)CCCC2NC(=O)c1cn2ccccc2n1. The van der Waals surface area contributed by atoms with Crippen molar-refractivity contribution in [3.63, 3.8) is 0 Å². The van der Waals surface area contributed by atoms with Gasteiger partial charge in [-0.15, -0.1) is 0 Å². The highest BCUT2D eigenvalue weighted by molar-refractivity contribution is 5.93. The minimum atomic E-state index is -0.173. The largest absolute Gasteiger partial charge is 0.341 e. The van der Waals surface area contributed by atoms with Crippen LogP contribution in [0.25, 0.3) is 5.65 Å². The molecule has 4 rings (SSSR count). The standard InChI is InChI=1S/C16H18N6O/c1-2-13-19-15-11(6-5-9-22(15)20-13)18-16(23)12-10-21-8-4-3-7-14(21)17-12/h3-4,7-8,10-11H,2,5-6,9H2,1H3,(H,18,23). The van der Waals surface area contributed by atoms with Gasteiger partial charge in [-0.3, -0.25) is 4.79 Å². The molecule has 23 heavy (non-hydrogen) atoms. The molecule has 3 aromatic heterocycles. The summed E-state index contributed by atoms with van der Waals surface area (Å²) in [5, 5.41) is 7.52. The van der Waals surface area contributed by atoms with Gasteiger partial charge in [-0.1, -0.05) is 13.0 Å². The van der Waals surface area contributed by atoms with Crippen LogP contribution in [0.1, 0.15) is 47.9 Å². The maximum atomic E-state index is 12.5. The van der Waals surface area contributed by atoms with Gasteiger partial charge in [0.15, 0.2) is 5.82 Å². The van der Waals surface area contributed by atoms with Gasteiger partial charge in [-0.2, -0.15) is 5.10 Å². The Kier molecular flexibility index (Phi) is 3.33. The van der Waals surface area contributed by atoms with Gasteiger partial charge in [0.1, 0.15) is 17.2 Å². The Morgan fingerprint density at radius 3 is 3.13 bits per heavy atom. The number of fused-ring (bicyclic) bond motifs is 2. The highest BCUT2D eigenvalue weighted by Gasteiger charge is 2.26. The molecule has 1 amide bonds. The molecular weight excluding hydrogens is 292 g/mol. The number of carbonyl (C=O) groups excluding carboxylic acids is 1. The maximum absolute atomic E-state index is 12.5. The summed E-state index contributed by atoms with van der Waals surface area (Å²) in [6.07, 6.45) is 6.28. The molecule has 0 saturated carbocycles. The highest BCUT2D eigenvalue weighted by atomic mass is 16.2. The summed E-state index contributed by atoms with van der Waals surface area (Å²) in [6, 6.07) is 5.59. The third-order valence-corrected chi connectivity index (χ3v) is 4.14. The van der Waals surface area contributed by atoms with Crippen LogP contribution in [-0.4, -0.2) is 30.1 Å². The van der Waals surface area contributed by atoms with Crippen molar-refractivity contribution in [1.29, 1.82) is 0 Å². The van der Waals surface area contributed by atoms with E-state index in [4.69, 9.17) is 0 Å². The van der Waals surface area contributed by atoms with Gasteiger partial charge in [0, 0.05) is 25.4 Å². The van der Waals surface area contributed by atoms with Crippen LogP contribution in [0.3, 0.4) is 0 Å². The first-order chi connectivity index (χ1) is 11.2. The fraction of sp³-hybridized carbons (Fsp3) is 0.375. The summed E-state index contributed by atoms with van der Waals surface area (Å²) < 4.78 is 3.75. The van der Waals surface area contributed by atoms with E-state index in [-0.39, 0.29) is 11.9 Å². The van der Waals surface area contributed by atoms with Gasteiger partial charge in [-0.25, -0.2) is 14.6 Å². The molecule has 118 valence electrons. The van der Waals surface area contributed by atoms with Crippen molar-refractivity contribution in [3.05, 3.63) is 47.9 Å². The van der Waals surface area contributed by atoms with E-state index in [0.29, 0.717) is 5.69 Å². The monoisotopic (exact) mass is 310 g/mol. The van der Waals surface area contributed by atoms with Crippen LogP contribution in [0.4, 0.5) is 0 Å². The maximum Gasteiger partial charge on any atom is 0.272 e. The fourth-order valence-corrected chi connectivity index (χ4v) is 2.96. The van der Waals surface area contributed by atoms with Crippen LogP contribution in [0.5, 0.6) is 0 Å². The van der Waals surface area contributed by atoms with Gasteiger partial charge in [-0.05, 0) is 25.0 Å². The van der Waals surface area contributed by atoms with Crippen LogP contribution in [-0.2, 0) is 13.0 Å². The van der Waals surface area contributed by atoms with Gasteiger partial charge in [0.25, 0.3) is 5.91 Å². The van der Waals surface area contributed by atoms with Gasteiger partial charge < -0.3 is 9.72 Å². The van der Waals surface area contributed by atoms with Crippen molar-refractivity contribution in [1.82, 2.24) is 29.5 Å². The van der Waals surface area contributed by atoms with E-state index < -0.39 is 0 Å². The van der Waals surface area contributed by atoms with Crippen LogP contribution in [0.15, 0.2) is 30.6 Å². The first-order valence-electron chi connectivity index (χ1n) is 7.93. The number of aryl methyl sites for hydroxylation is 2. The quantitative estimate of drug-likeness (QED) is 0.799. The molecule has 3 aromatic rings. The molecule has 1 aliphatic rings. The van der Waals surface area contributed by atoms with Gasteiger partial charge in [0.05, 0.1) is 6.04 Å². The van der Waals surface area contributed by atoms with E-state index in [9.17, 15) is 4.79 Å². The molecule has 7 heteroatoms. The second-order valence-corrected chi connectivity index (χ2v) is 5.72. The van der Waals surface area contributed by atoms with Crippen molar-refractivity contribution < 1.29 is 4.79 Å². The number of hydrogen-bond donors (Lipinski definition) is 1. The lowest BCUT2D eigenvalue weighted by molar-refractivity contribution is 0.0923. The number of aromatic nitrogens is 5. The lowest BCUT2D eigenvalue weighted by Gasteiger charge is -2.22. The van der Waals surface area contributed by atoms with E-state index in [0.717, 1.165) is 43.1 Å². The molecule has 0 bridgehead atoms. The van der Waals surface area contributed by atoms with Crippen molar-refractivity contribution in [3.8, 4) is 0 Å². The van der Waals surface area contributed by atoms with Crippen molar-refractivity contribution in [2.75, 3.05) is 0 Å². The predicted molar refractivity (Wildman–Crippen MR) is 84.0 cm³/mol. The summed E-state index contributed by atoms with van der Waals surface area (Å²) in [7, 11) is 0. The Bertz CT molecular complexity index is 831. The van der Waals surface area contributed by atoms with E-state index >= 15 is 0 Å². The third-order valence-electron chi connectivity index (χ3n) is 4.14. The minimum Gasteiger partial charge on any atom is -0.341 e. The Labute approximate surface area is 133 Å². The number of nitrogens with zero attached hydrogens (tertiary/aromatic N) is 5. The average molecular weight is 310 g/mol.